The number of hydrogen-bond donors (Lipinski definition) is 0. The monoisotopic (exact) mass is 292 g/mol. The summed E-state index contributed by atoms with van der Waals surface area (Å²) in [4.78, 5) is 4.11. The van der Waals surface area contributed by atoms with Crippen LogP contribution in [0.1, 0.15) is 5.56 Å². The van der Waals surface area contributed by atoms with Crippen LogP contribution in [-0.2, 0) is 6.18 Å². The fourth-order valence-corrected chi connectivity index (χ4v) is 2.16. The third-order valence-electron chi connectivity index (χ3n) is 3.15. The number of ether oxygens (including phenoxy) is 1. The Labute approximate surface area is 118 Å². The van der Waals surface area contributed by atoms with E-state index in [-0.39, 0.29) is 5.65 Å². The van der Waals surface area contributed by atoms with E-state index in [2.05, 4.69) is 4.98 Å². The van der Waals surface area contributed by atoms with Gasteiger partial charge in [-0.15, -0.1) is 0 Å². The quantitative estimate of drug-likeness (QED) is 0.713. The van der Waals surface area contributed by atoms with Crippen molar-refractivity contribution in [1.29, 1.82) is 0 Å². The molecule has 0 amide bonds. The molecule has 0 radical (unpaired) electrons. The van der Waals surface area contributed by atoms with E-state index < -0.39 is 11.7 Å². The summed E-state index contributed by atoms with van der Waals surface area (Å²) >= 11 is 0. The Hall–Kier alpha value is -2.50. The molecule has 0 N–H and O–H groups in total. The number of alkyl halides is 3. The predicted octanol–water partition coefficient (Wildman–Crippen LogP) is 4.03. The molecule has 3 rings (SSSR count). The summed E-state index contributed by atoms with van der Waals surface area (Å²) in [5.41, 5.74) is 0.304. The molecule has 2 aromatic heterocycles. The maximum absolute atomic E-state index is 13.0. The smallest absolute Gasteiger partial charge is 0.419 e. The van der Waals surface area contributed by atoms with E-state index >= 15 is 0 Å². The normalized spacial score (nSPS) is 11.8. The number of aromatic nitrogens is 2. The van der Waals surface area contributed by atoms with Crippen LogP contribution < -0.4 is 4.74 Å². The van der Waals surface area contributed by atoms with E-state index in [0.29, 0.717) is 17.0 Å². The molecule has 0 atom stereocenters. The molecule has 2 heterocycles. The van der Waals surface area contributed by atoms with Crippen molar-refractivity contribution in [2.24, 2.45) is 0 Å². The highest BCUT2D eigenvalue weighted by atomic mass is 19.4. The Morgan fingerprint density at radius 3 is 2.67 bits per heavy atom. The Balaban J connectivity index is 2.17. The summed E-state index contributed by atoms with van der Waals surface area (Å²) in [5.74, 6) is 0.626. The Morgan fingerprint density at radius 1 is 1.14 bits per heavy atom. The van der Waals surface area contributed by atoms with Gasteiger partial charge in [-0.05, 0) is 24.3 Å². The molecule has 3 nitrogen and oxygen atoms in total. The summed E-state index contributed by atoms with van der Waals surface area (Å²) in [6.07, 6.45) is -1.32. The van der Waals surface area contributed by atoms with Crippen LogP contribution in [0, 0.1) is 0 Å². The first kappa shape index (κ1) is 13.5. The second kappa shape index (κ2) is 4.80. The summed E-state index contributed by atoms with van der Waals surface area (Å²) in [6.45, 7) is 0. The van der Waals surface area contributed by atoms with Crippen molar-refractivity contribution in [3.63, 3.8) is 0 Å². The van der Waals surface area contributed by atoms with E-state index in [1.165, 1.54) is 17.6 Å². The number of rotatable bonds is 2. The van der Waals surface area contributed by atoms with Crippen molar-refractivity contribution in [3.05, 3.63) is 54.4 Å². The average Bonchev–Trinajstić information content (AvgIpc) is 2.90. The SMILES string of the molecule is COc1cccc(-c2cn3cccc(C(F)(F)F)c3n2)c1. The zero-order chi connectivity index (χ0) is 15.0. The maximum Gasteiger partial charge on any atom is 0.419 e. The molecule has 0 saturated carbocycles. The van der Waals surface area contributed by atoms with Crippen LogP contribution in [0.15, 0.2) is 48.8 Å². The van der Waals surface area contributed by atoms with Gasteiger partial charge in [-0.25, -0.2) is 4.98 Å². The predicted molar refractivity (Wildman–Crippen MR) is 72.2 cm³/mol. The molecule has 0 spiro atoms. The molecule has 0 saturated heterocycles. The largest absolute Gasteiger partial charge is 0.497 e. The Kier molecular flexibility index (Phi) is 3.08. The number of benzene rings is 1. The Morgan fingerprint density at radius 2 is 1.95 bits per heavy atom. The number of fused-ring (bicyclic) bond motifs is 1. The third kappa shape index (κ3) is 2.44. The van der Waals surface area contributed by atoms with Gasteiger partial charge in [0.2, 0.25) is 0 Å². The number of imidazole rings is 1. The van der Waals surface area contributed by atoms with Crippen molar-refractivity contribution < 1.29 is 17.9 Å². The minimum absolute atomic E-state index is 0.109. The summed E-state index contributed by atoms with van der Waals surface area (Å²) in [5, 5.41) is 0. The zero-order valence-electron chi connectivity index (χ0n) is 11.1. The van der Waals surface area contributed by atoms with Crippen molar-refractivity contribution in [2.75, 3.05) is 7.11 Å². The molecule has 0 unspecified atom stereocenters. The summed E-state index contributed by atoms with van der Waals surface area (Å²) in [7, 11) is 1.53. The Bertz CT molecular complexity index is 793. The van der Waals surface area contributed by atoms with Crippen molar-refractivity contribution in [1.82, 2.24) is 9.38 Å². The minimum atomic E-state index is -4.43. The van der Waals surface area contributed by atoms with Crippen LogP contribution in [0.5, 0.6) is 5.75 Å². The van der Waals surface area contributed by atoms with E-state index in [1.54, 1.807) is 36.7 Å². The molecule has 3 aromatic rings. The molecule has 1 aromatic carbocycles. The van der Waals surface area contributed by atoms with Gasteiger partial charge in [0.1, 0.15) is 11.4 Å². The lowest BCUT2D eigenvalue weighted by atomic mass is 10.1. The van der Waals surface area contributed by atoms with Gasteiger partial charge in [0.25, 0.3) is 0 Å². The van der Waals surface area contributed by atoms with Crippen LogP contribution in [-0.4, -0.2) is 16.5 Å². The van der Waals surface area contributed by atoms with Crippen LogP contribution >= 0.6 is 0 Å². The molecular formula is C15H11F3N2O. The topological polar surface area (TPSA) is 26.5 Å². The summed E-state index contributed by atoms with van der Waals surface area (Å²) < 4.78 is 45.4. The van der Waals surface area contributed by atoms with E-state index in [4.69, 9.17) is 4.74 Å². The molecule has 6 heteroatoms. The lowest BCUT2D eigenvalue weighted by Crippen LogP contribution is -2.07. The fraction of sp³-hybridized carbons (Fsp3) is 0.133. The van der Waals surface area contributed by atoms with Crippen molar-refractivity contribution >= 4 is 5.65 Å². The molecule has 0 aliphatic heterocycles. The van der Waals surface area contributed by atoms with E-state index in [1.807, 2.05) is 0 Å². The first-order chi connectivity index (χ1) is 9.99. The highest BCUT2D eigenvalue weighted by Gasteiger charge is 2.33. The molecule has 0 bridgehead atoms. The van der Waals surface area contributed by atoms with Gasteiger partial charge in [0.05, 0.1) is 18.4 Å². The van der Waals surface area contributed by atoms with Gasteiger partial charge < -0.3 is 9.14 Å². The maximum atomic E-state index is 13.0. The average molecular weight is 292 g/mol. The first-order valence-electron chi connectivity index (χ1n) is 6.18. The minimum Gasteiger partial charge on any atom is -0.497 e. The molecular weight excluding hydrogens is 281 g/mol. The standard InChI is InChI=1S/C15H11F3N2O/c1-21-11-5-2-4-10(8-11)13-9-20-7-3-6-12(14(20)19-13)15(16,17)18/h2-9H,1H3. The lowest BCUT2D eigenvalue weighted by molar-refractivity contribution is -0.136. The molecule has 108 valence electrons. The van der Waals surface area contributed by atoms with E-state index in [0.717, 1.165) is 6.07 Å². The van der Waals surface area contributed by atoms with Crippen LogP contribution in [0.4, 0.5) is 13.2 Å². The molecule has 21 heavy (non-hydrogen) atoms. The van der Waals surface area contributed by atoms with Gasteiger partial charge in [0.15, 0.2) is 0 Å². The highest BCUT2D eigenvalue weighted by Crippen LogP contribution is 2.33. The van der Waals surface area contributed by atoms with Gasteiger partial charge in [-0.2, -0.15) is 13.2 Å². The second-order valence-corrected chi connectivity index (χ2v) is 4.51. The number of pyridine rings is 1. The fourth-order valence-electron chi connectivity index (χ4n) is 2.16. The number of nitrogens with zero attached hydrogens (tertiary/aromatic N) is 2. The molecule has 0 aliphatic rings. The van der Waals surface area contributed by atoms with E-state index in [9.17, 15) is 13.2 Å². The third-order valence-corrected chi connectivity index (χ3v) is 3.15. The van der Waals surface area contributed by atoms with Gasteiger partial charge in [-0.3, -0.25) is 0 Å². The van der Waals surface area contributed by atoms with Gasteiger partial charge >= 0.3 is 6.18 Å². The highest BCUT2D eigenvalue weighted by molar-refractivity contribution is 5.65. The van der Waals surface area contributed by atoms with Crippen LogP contribution in [0.3, 0.4) is 0 Å². The first-order valence-corrected chi connectivity index (χ1v) is 6.18. The van der Waals surface area contributed by atoms with Gasteiger partial charge in [0, 0.05) is 18.0 Å². The summed E-state index contributed by atoms with van der Waals surface area (Å²) in [6, 6.07) is 9.42. The van der Waals surface area contributed by atoms with Crippen LogP contribution in [0.2, 0.25) is 0 Å². The van der Waals surface area contributed by atoms with Crippen molar-refractivity contribution in [3.8, 4) is 17.0 Å². The molecule has 0 fully saturated rings. The second-order valence-electron chi connectivity index (χ2n) is 4.51. The molecule has 0 aliphatic carbocycles. The van der Waals surface area contributed by atoms with Crippen molar-refractivity contribution in [2.45, 2.75) is 6.18 Å². The van der Waals surface area contributed by atoms with Crippen LogP contribution in [0.25, 0.3) is 16.9 Å². The number of methoxy groups -OCH3 is 1. The number of halogens is 3. The lowest BCUT2D eigenvalue weighted by Gasteiger charge is -2.06. The van der Waals surface area contributed by atoms with Gasteiger partial charge in [-0.1, -0.05) is 12.1 Å². The zero-order valence-corrected chi connectivity index (χ0v) is 11.1. The number of hydrogen-bond acceptors (Lipinski definition) is 2.